The van der Waals surface area contributed by atoms with E-state index in [1.807, 2.05) is 36.4 Å². The first-order valence-corrected chi connectivity index (χ1v) is 35.2. The maximum Gasteiger partial charge on any atom is 0.534 e. The van der Waals surface area contributed by atoms with Crippen molar-refractivity contribution in [3.05, 3.63) is 349 Å². The van der Waals surface area contributed by atoms with Crippen LogP contribution in [0.5, 0.6) is 5.75 Å². The number of rotatable bonds is 14. The molecule has 3 aliphatic heterocycles. The lowest BCUT2D eigenvalue weighted by Crippen LogP contribution is -2.36. The Balaban J connectivity index is 0.000000123. The maximum absolute atomic E-state index is 12.8. The first kappa shape index (κ1) is 63.0. The molecular formula is C84H82F3N3O3S. The van der Waals surface area contributed by atoms with E-state index in [0.717, 1.165) is 114 Å². The highest BCUT2D eigenvalue weighted by Gasteiger charge is 2.50. The van der Waals surface area contributed by atoms with Crippen LogP contribution in [-0.2, 0) is 84.4 Å². The van der Waals surface area contributed by atoms with Gasteiger partial charge in [0.25, 0.3) is 0 Å². The molecule has 3 spiro atoms. The van der Waals surface area contributed by atoms with Crippen molar-refractivity contribution in [2.45, 2.75) is 112 Å². The summed E-state index contributed by atoms with van der Waals surface area (Å²) in [6.45, 7) is 7.96. The SMILES string of the molecule is O=S(=O)(Oc1ccc2c(c1)Cc1ccccc1C21CCN(Cc2ccccc2)C1)C(F)(F)F.c1ccc(CCCc2ccc3c(c2)Cc2ccccc2C32CCN(Cc3ccccc3)C2)cc1.c1ccc(CCCc2ccc3c(c2)Cc2ccccc2C32CCNC2)cc1. The Kier molecular flexibility index (Phi) is 18.2. The Morgan fingerprint density at radius 2 is 0.745 bits per heavy atom. The van der Waals surface area contributed by atoms with Gasteiger partial charge in [0.15, 0.2) is 0 Å². The largest absolute Gasteiger partial charge is 0.534 e. The minimum Gasteiger partial charge on any atom is -0.376 e. The lowest BCUT2D eigenvalue weighted by molar-refractivity contribution is -0.0500. The van der Waals surface area contributed by atoms with Gasteiger partial charge in [-0.15, -0.1) is 0 Å². The zero-order valence-electron chi connectivity index (χ0n) is 53.5. The van der Waals surface area contributed by atoms with Crippen molar-refractivity contribution in [2.75, 3.05) is 39.3 Å². The van der Waals surface area contributed by atoms with Crippen LogP contribution in [0.2, 0.25) is 0 Å². The predicted octanol–water partition coefficient (Wildman–Crippen LogP) is 17.0. The van der Waals surface area contributed by atoms with Gasteiger partial charge in [-0.05, 0) is 209 Å². The standard InChI is InChI=1S/C33H33N.C26H27N.C25H22F3NO3S/c1-3-10-26(11-4-1)14-9-15-27-18-19-32-30(22-27)23-29-16-7-8-17-31(29)33(32)20-21-34(25-33)24-28-12-5-2-6-13-28;1-2-7-20(8-3-1)9-6-10-21-13-14-25-23(17-21)18-22-11-4-5-12-24(22)26(25)15-16-27-19-26;26-25(27,28)33(30,31)32-21-10-11-23-20(15-21)14-19-8-4-5-9-22(19)24(23)12-13-29(17-24)16-18-6-2-1-3-7-18/h1-8,10-13,16-19,22H,9,14-15,20-21,23-25H2;1-5,7-8,11-14,17,27H,6,9-10,15-16,18-19H2;1-11,15H,12-14,16-17H2. The monoisotopic (exact) mass is 1270 g/mol. The predicted molar refractivity (Wildman–Crippen MR) is 372 cm³/mol. The summed E-state index contributed by atoms with van der Waals surface area (Å²) in [6.07, 6.45) is 13.0. The second kappa shape index (κ2) is 27.2. The number of benzene rings is 10. The molecule has 16 rings (SSSR count). The first-order chi connectivity index (χ1) is 45.8. The van der Waals surface area contributed by atoms with Gasteiger partial charge in [0.05, 0.1) is 0 Å². The fourth-order valence-corrected chi connectivity index (χ4v) is 17.2. The fourth-order valence-electron chi connectivity index (χ4n) is 16.8. The molecule has 3 atom stereocenters. The van der Waals surface area contributed by atoms with Crippen LogP contribution < -0.4 is 9.50 Å². The summed E-state index contributed by atoms with van der Waals surface area (Å²) in [4.78, 5) is 5.05. The second-order valence-electron chi connectivity index (χ2n) is 27.0. The van der Waals surface area contributed by atoms with Crippen LogP contribution in [0.3, 0.4) is 0 Å². The van der Waals surface area contributed by atoms with Crippen LogP contribution in [0.1, 0.15) is 132 Å². The molecule has 3 aliphatic carbocycles. The quantitative estimate of drug-likeness (QED) is 0.0865. The van der Waals surface area contributed by atoms with Gasteiger partial charge in [0.2, 0.25) is 0 Å². The number of hydrogen-bond donors (Lipinski definition) is 1. The third-order valence-corrected chi connectivity index (χ3v) is 22.1. The summed E-state index contributed by atoms with van der Waals surface area (Å²) in [5.74, 6) is -0.320. The summed E-state index contributed by atoms with van der Waals surface area (Å²) in [7, 11) is -5.72. The molecule has 10 aromatic rings. The number of hydrogen-bond acceptors (Lipinski definition) is 6. The lowest BCUT2D eigenvalue weighted by atomic mass is 9.65. The molecule has 478 valence electrons. The molecule has 0 aromatic heterocycles. The molecule has 6 nitrogen and oxygen atoms in total. The van der Waals surface area contributed by atoms with E-state index >= 15 is 0 Å². The molecule has 94 heavy (non-hydrogen) atoms. The van der Waals surface area contributed by atoms with Gasteiger partial charge in [0.1, 0.15) is 5.75 Å². The molecule has 3 fully saturated rings. The number of halogens is 3. The number of fused-ring (bicyclic) bond motifs is 12. The van der Waals surface area contributed by atoms with E-state index in [9.17, 15) is 21.6 Å². The molecule has 1 N–H and O–H groups in total. The van der Waals surface area contributed by atoms with Crippen LogP contribution >= 0.6 is 0 Å². The smallest absolute Gasteiger partial charge is 0.376 e. The highest BCUT2D eigenvalue weighted by atomic mass is 32.2. The average molecular weight is 1270 g/mol. The molecule has 0 radical (unpaired) electrons. The lowest BCUT2D eigenvalue weighted by Gasteiger charge is -2.38. The van der Waals surface area contributed by atoms with E-state index in [4.69, 9.17) is 0 Å². The highest BCUT2D eigenvalue weighted by molar-refractivity contribution is 7.88. The van der Waals surface area contributed by atoms with Crippen LogP contribution in [0.4, 0.5) is 13.2 Å². The molecule has 6 aliphatic rings. The molecule has 3 saturated heterocycles. The van der Waals surface area contributed by atoms with Crippen molar-refractivity contribution in [3.63, 3.8) is 0 Å². The third-order valence-electron chi connectivity index (χ3n) is 21.1. The maximum atomic E-state index is 12.8. The van der Waals surface area contributed by atoms with Gasteiger partial charge in [-0.1, -0.05) is 237 Å². The van der Waals surface area contributed by atoms with Gasteiger partial charge < -0.3 is 9.50 Å². The molecule has 0 bridgehead atoms. The zero-order chi connectivity index (χ0) is 64.2. The van der Waals surface area contributed by atoms with Gasteiger partial charge in [0, 0.05) is 49.0 Å². The van der Waals surface area contributed by atoms with Crippen molar-refractivity contribution in [3.8, 4) is 5.75 Å². The molecular weight excluding hydrogens is 1190 g/mol. The second-order valence-corrected chi connectivity index (χ2v) is 28.6. The van der Waals surface area contributed by atoms with Crippen molar-refractivity contribution in [1.82, 2.24) is 15.1 Å². The summed E-state index contributed by atoms with van der Waals surface area (Å²) in [5.41, 5.74) is 19.6. The number of nitrogens with one attached hydrogen (secondary N) is 1. The van der Waals surface area contributed by atoms with E-state index in [2.05, 4.69) is 213 Å². The van der Waals surface area contributed by atoms with Crippen molar-refractivity contribution < 1.29 is 25.8 Å². The molecule has 0 amide bonds. The van der Waals surface area contributed by atoms with Crippen molar-refractivity contribution in [1.29, 1.82) is 0 Å². The van der Waals surface area contributed by atoms with Gasteiger partial charge in [-0.2, -0.15) is 21.6 Å². The molecule has 3 heterocycles. The van der Waals surface area contributed by atoms with Crippen molar-refractivity contribution >= 4 is 10.1 Å². The minimum atomic E-state index is -5.72. The van der Waals surface area contributed by atoms with Crippen LogP contribution in [0.25, 0.3) is 0 Å². The third kappa shape index (κ3) is 13.1. The van der Waals surface area contributed by atoms with Crippen molar-refractivity contribution in [2.24, 2.45) is 0 Å². The van der Waals surface area contributed by atoms with Crippen LogP contribution in [0.15, 0.2) is 249 Å². The Labute approximate surface area is 553 Å². The topological polar surface area (TPSA) is 61.9 Å². The number of aryl methyl sites for hydroxylation is 4. The number of alkyl halides is 3. The molecule has 3 unspecified atom stereocenters. The summed E-state index contributed by atoms with van der Waals surface area (Å²) in [5, 5.41) is 3.63. The Hall–Kier alpha value is -8.38. The fraction of sp³-hybridized carbons (Fsp3) is 0.286. The van der Waals surface area contributed by atoms with E-state index in [1.54, 1.807) is 39.4 Å². The van der Waals surface area contributed by atoms with Gasteiger partial charge >= 0.3 is 15.6 Å². The summed E-state index contributed by atoms with van der Waals surface area (Å²) >= 11 is 0. The average Bonchev–Trinajstić information content (AvgIpc) is 1.40. The van der Waals surface area contributed by atoms with E-state index < -0.39 is 15.6 Å². The zero-order valence-corrected chi connectivity index (χ0v) is 54.3. The first-order valence-electron chi connectivity index (χ1n) is 33.8. The number of nitrogens with zero attached hydrogens (tertiary/aromatic N) is 2. The number of likely N-dealkylation sites (tertiary alicyclic amines) is 2. The Morgan fingerprint density at radius 1 is 0.383 bits per heavy atom. The summed E-state index contributed by atoms with van der Waals surface area (Å²) in [6, 6.07) is 88.6. The normalized spacial score (nSPS) is 20.0. The van der Waals surface area contributed by atoms with Crippen LogP contribution in [-0.4, -0.2) is 63.0 Å². The molecule has 0 saturated carbocycles. The van der Waals surface area contributed by atoms with E-state index in [0.29, 0.717) is 6.42 Å². The van der Waals surface area contributed by atoms with Gasteiger partial charge in [-0.25, -0.2) is 0 Å². The van der Waals surface area contributed by atoms with E-state index in [-0.39, 0.29) is 22.0 Å². The van der Waals surface area contributed by atoms with Gasteiger partial charge in [-0.3, -0.25) is 9.80 Å². The molecule has 10 heteroatoms. The highest BCUT2D eigenvalue weighted by Crippen LogP contribution is 2.51. The Morgan fingerprint density at radius 3 is 1.17 bits per heavy atom. The minimum absolute atomic E-state index is 0.127. The van der Waals surface area contributed by atoms with Crippen LogP contribution in [0, 0.1) is 0 Å². The summed E-state index contributed by atoms with van der Waals surface area (Å²) < 4.78 is 65.8. The molecule has 10 aromatic carbocycles. The Bertz CT molecular complexity index is 4390. The van der Waals surface area contributed by atoms with E-state index in [1.165, 1.54) is 87.9 Å².